The van der Waals surface area contributed by atoms with E-state index in [0.717, 1.165) is 29.2 Å². The Hall–Kier alpha value is -2.37. The summed E-state index contributed by atoms with van der Waals surface area (Å²) in [6.45, 7) is 8.88. The lowest BCUT2D eigenvalue weighted by Gasteiger charge is -2.13. The van der Waals surface area contributed by atoms with Crippen molar-refractivity contribution in [1.82, 2.24) is 10.2 Å². The van der Waals surface area contributed by atoms with E-state index in [-0.39, 0.29) is 0 Å². The molecule has 2 aliphatic rings. The van der Waals surface area contributed by atoms with Crippen molar-refractivity contribution in [3.8, 4) is 0 Å². The van der Waals surface area contributed by atoms with Gasteiger partial charge in [0.15, 0.2) is 0 Å². The zero-order valence-corrected chi connectivity index (χ0v) is 18.1. The van der Waals surface area contributed by atoms with Crippen molar-refractivity contribution in [2.45, 2.75) is 33.1 Å². The highest BCUT2D eigenvalue weighted by Gasteiger charge is 2.15. The highest BCUT2D eigenvalue weighted by atomic mass is 35.5. The van der Waals surface area contributed by atoms with Gasteiger partial charge in [-0.25, -0.2) is 0 Å². The molecule has 1 saturated heterocycles. The Kier molecular flexibility index (Phi) is 10.2. The van der Waals surface area contributed by atoms with E-state index in [9.17, 15) is 4.79 Å². The Morgan fingerprint density at radius 1 is 1.07 bits per heavy atom. The molecule has 2 aliphatic heterocycles. The summed E-state index contributed by atoms with van der Waals surface area (Å²) in [7, 11) is 0. The molecule has 1 N–H and O–H groups in total. The number of halogens is 1. The van der Waals surface area contributed by atoms with E-state index < -0.39 is 0 Å². The molecule has 0 spiro atoms. The summed E-state index contributed by atoms with van der Waals surface area (Å²) in [5.74, 6) is 0.687. The van der Waals surface area contributed by atoms with Crippen molar-refractivity contribution in [2.24, 2.45) is 5.10 Å². The lowest BCUT2D eigenvalue weighted by Crippen LogP contribution is -2.18. The second kappa shape index (κ2) is 13.0. The first-order valence-electron chi connectivity index (χ1n) is 10.2. The minimum Gasteiger partial charge on any atom is -0.315 e. The molecule has 156 valence electrons. The fraction of sp³-hybridized carbons (Fsp3) is 0.391. The summed E-state index contributed by atoms with van der Waals surface area (Å²) in [6.07, 6.45) is 4.23. The molecular weight excluding hydrogens is 384 g/mol. The quantitative estimate of drug-likeness (QED) is 0.740. The monoisotopic (exact) mass is 414 g/mol. The molecule has 1 amide bonds. The van der Waals surface area contributed by atoms with E-state index >= 15 is 0 Å². The number of anilines is 1. The van der Waals surface area contributed by atoms with Crippen LogP contribution in [0.15, 0.2) is 59.7 Å². The van der Waals surface area contributed by atoms with Gasteiger partial charge < -0.3 is 10.2 Å². The van der Waals surface area contributed by atoms with Gasteiger partial charge in [-0.3, -0.25) is 9.80 Å². The van der Waals surface area contributed by atoms with Gasteiger partial charge in [-0.05, 0) is 57.1 Å². The first-order chi connectivity index (χ1) is 14.1. The van der Waals surface area contributed by atoms with Crippen LogP contribution in [0.25, 0.3) is 0 Å². The van der Waals surface area contributed by atoms with Crippen LogP contribution in [0.3, 0.4) is 0 Å². The number of hydrogen-bond donors (Lipinski definition) is 1. The summed E-state index contributed by atoms with van der Waals surface area (Å²) < 4.78 is 0. The Labute approximate surface area is 179 Å². The van der Waals surface area contributed by atoms with E-state index in [2.05, 4.69) is 22.2 Å². The number of benzene rings is 2. The first-order valence-corrected chi connectivity index (χ1v) is 10.6. The molecule has 0 bridgehead atoms. The van der Waals surface area contributed by atoms with Gasteiger partial charge in [-0.2, -0.15) is 5.10 Å². The van der Waals surface area contributed by atoms with Gasteiger partial charge >= 0.3 is 0 Å². The maximum Gasteiger partial charge on any atom is 0.212 e. The Bertz CT molecular complexity index is 734. The number of likely N-dealkylation sites (tertiary alicyclic amines) is 1. The van der Waals surface area contributed by atoms with E-state index in [0.29, 0.717) is 12.2 Å². The molecule has 0 aliphatic carbocycles. The molecule has 0 aromatic heterocycles. The first kappa shape index (κ1) is 22.9. The summed E-state index contributed by atoms with van der Waals surface area (Å²) in [4.78, 5) is 12.8. The van der Waals surface area contributed by atoms with E-state index in [1.54, 1.807) is 0 Å². The minimum absolute atomic E-state index is 0.643. The third-order valence-corrected chi connectivity index (χ3v) is 5.20. The molecule has 1 fully saturated rings. The largest absolute Gasteiger partial charge is 0.315 e. The molecule has 4 rings (SSSR count). The van der Waals surface area contributed by atoms with Crippen LogP contribution in [0.5, 0.6) is 0 Å². The van der Waals surface area contributed by atoms with E-state index in [1.165, 1.54) is 32.5 Å². The van der Waals surface area contributed by atoms with E-state index in [1.807, 2.05) is 66.5 Å². The highest BCUT2D eigenvalue weighted by Crippen LogP contribution is 2.25. The predicted molar refractivity (Wildman–Crippen MR) is 123 cm³/mol. The predicted octanol–water partition coefficient (Wildman–Crippen LogP) is 4.71. The molecule has 5 nitrogen and oxygen atoms in total. The van der Waals surface area contributed by atoms with Crippen molar-refractivity contribution in [1.29, 1.82) is 0 Å². The number of amides is 1. The van der Waals surface area contributed by atoms with Crippen molar-refractivity contribution in [3.05, 3.63) is 65.2 Å². The average Bonchev–Trinajstić information content (AvgIpc) is 3.45. The summed E-state index contributed by atoms with van der Waals surface area (Å²) in [5, 5.41) is 9.39. The Balaban J connectivity index is 0.000000189. The van der Waals surface area contributed by atoms with Crippen LogP contribution >= 0.6 is 11.6 Å². The number of hydrogen-bond acceptors (Lipinski definition) is 4. The number of carbonyl (C=O) groups is 1. The number of rotatable bonds is 3. The van der Waals surface area contributed by atoms with Crippen molar-refractivity contribution >= 4 is 29.5 Å². The third-order valence-electron chi connectivity index (χ3n) is 4.79. The van der Waals surface area contributed by atoms with Gasteiger partial charge in [0.25, 0.3) is 0 Å². The molecule has 0 radical (unpaired) electrons. The van der Waals surface area contributed by atoms with Crippen LogP contribution in [0, 0.1) is 6.92 Å². The molecule has 6 heteroatoms. The fourth-order valence-corrected chi connectivity index (χ4v) is 3.21. The topological polar surface area (TPSA) is 47.9 Å². The third kappa shape index (κ3) is 8.26. The Morgan fingerprint density at radius 3 is 2.17 bits per heavy atom. The number of carbonyl (C=O) groups excluding carboxylic acids is 1. The lowest BCUT2D eigenvalue weighted by molar-refractivity contribution is -0.108. The fourth-order valence-electron chi connectivity index (χ4n) is 3.04. The summed E-state index contributed by atoms with van der Waals surface area (Å²) in [5.41, 5.74) is 1.98. The molecule has 2 aromatic carbocycles. The highest BCUT2D eigenvalue weighted by molar-refractivity contribution is 6.31. The van der Waals surface area contributed by atoms with Gasteiger partial charge in [-0.1, -0.05) is 61.0 Å². The number of aryl methyl sites for hydroxylation is 1. The van der Waals surface area contributed by atoms with Gasteiger partial charge in [0.2, 0.25) is 6.41 Å². The molecule has 2 heterocycles. The minimum atomic E-state index is 0.643. The normalized spacial score (nSPS) is 15.6. The SMILES string of the molecule is CCN1CCCC1.Cc1ccc(N2CCC(NC=O)=N2)cc1Cl.c1ccccc1. The van der Waals surface area contributed by atoms with Crippen molar-refractivity contribution in [2.75, 3.05) is 31.2 Å². The number of nitrogens with one attached hydrogen (secondary N) is 1. The van der Waals surface area contributed by atoms with Gasteiger partial charge in [0, 0.05) is 18.0 Å². The number of nitrogens with zero attached hydrogens (tertiary/aromatic N) is 3. The maximum absolute atomic E-state index is 10.3. The second-order valence-corrected chi connectivity index (χ2v) is 7.32. The van der Waals surface area contributed by atoms with Crippen LogP contribution in [0.2, 0.25) is 5.02 Å². The average molecular weight is 415 g/mol. The smallest absolute Gasteiger partial charge is 0.212 e. The zero-order chi connectivity index (χ0) is 20.9. The van der Waals surface area contributed by atoms with Crippen LogP contribution in [0.1, 0.15) is 31.7 Å². The zero-order valence-electron chi connectivity index (χ0n) is 17.4. The Morgan fingerprint density at radius 2 is 1.69 bits per heavy atom. The molecule has 0 unspecified atom stereocenters. The molecule has 0 atom stereocenters. The number of hydrazone groups is 1. The number of amidine groups is 1. The summed E-state index contributed by atoms with van der Waals surface area (Å²) >= 11 is 6.04. The van der Waals surface area contributed by atoms with Crippen molar-refractivity contribution in [3.63, 3.8) is 0 Å². The molecular formula is C23H31ClN4O. The van der Waals surface area contributed by atoms with E-state index in [4.69, 9.17) is 11.6 Å². The molecule has 0 saturated carbocycles. The van der Waals surface area contributed by atoms with Gasteiger partial charge in [0.1, 0.15) is 5.84 Å². The van der Waals surface area contributed by atoms with Gasteiger partial charge in [0.05, 0.1) is 5.69 Å². The lowest BCUT2D eigenvalue weighted by atomic mass is 10.2. The molecule has 2 aromatic rings. The van der Waals surface area contributed by atoms with Crippen LogP contribution < -0.4 is 10.3 Å². The second-order valence-electron chi connectivity index (χ2n) is 6.91. The van der Waals surface area contributed by atoms with Gasteiger partial charge in [-0.15, -0.1) is 0 Å². The maximum atomic E-state index is 10.3. The van der Waals surface area contributed by atoms with Crippen LogP contribution in [0.4, 0.5) is 5.69 Å². The summed E-state index contributed by atoms with van der Waals surface area (Å²) in [6, 6.07) is 17.8. The molecule has 29 heavy (non-hydrogen) atoms. The van der Waals surface area contributed by atoms with Crippen molar-refractivity contribution < 1.29 is 4.79 Å². The standard InChI is InChI=1S/C11H12ClN3O.C6H13N.C6H6/c1-8-2-3-9(6-10(8)12)15-5-4-11(14-15)13-7-16;1-2-7-5-3-4-6-7;1-2-4-6-5-3-1/h2-3,6-7H,4-5H2,1H3,(H,13,14,16);2-6H2,1H3;1-6H. The van der Waals surface area contributed by atoms with Crippen LogP contribution in [-0.4, -0.2) is 43.3 Å². The van der Waals surface area contributed by atoms with Crippen LogP contribution in [-0.2, 0) is 4.79 Å².